The van der Waals surface area contributed by atoms with Crippen LogP contribution in [0.4, 0.5) is 17.6 Å². The molecule has 1 atom stereocenters. The number of pyridine rings is 1. The van der Waals surface area contributed by atoms with Gasteiger partial charge in [-0.15, -0.1) is 13.2 Å². The Hall–Kier alpha value is -3.43. The molecule has 1 fully saturated rings. The van der Waals surface area contributed by atoms with Crippen molar-refractivity contribution in [2.75, 3.05) is 0 Å². The first-order valence-electron chi connectivity index (χ1n) is 10.6. The van der Waals surface area contributed by atoms with Gasteiger partial charge in [-0.2, -0.15) is 0 Å². The van der Waals surface area contributed by atoms with Gasteiger partial charge in [0.05, 0.1) is 23.5 Å². The number of hydrogen-bond acceptors (Lipinski definition) is 5. The van der Waals surface area contributed by atoms with Gasteiger partial charge in [0.25, 0.3) is 5.91 Å². The Morgan fingerprint density at radius 1 is 1.18 bits per heavy atom. The van der Waals surface area contributed by atoms with Crippen LogP contribution < -0.4 is 10.1 Å². The molecule has 2 heterocycles. The standard InChI is InChI=1S/C23H19F4N3O3/c24-16-11-28-19(12-7-8-12)10-15(16)22-30-18-6-2-5-17(20(18)32-22)29-21(31)13-3-1-4-14(9-13)33-23(25,26)27/h1,3-4,9-12,17H,2,5-8H2,(H,29,31). The Bertz CT molecular complexity index is 1200. The zero-order valence-electron chi connectivity index (χ0n) is 17.3. The first-order chi connectivity index (χ1) is 15.8. The van der Waals surface area contributed by atoms with E-state index in [1.54, 1.807) is 6.07 Å². The summed E-state index contributed by atoms with van der Waals surface area (Å²) in [7, 11) is 0. The molecule has 33 heavy (non-hydrogen) atoms. The van der Waals surface area contributed by atoms with Crippen LogP contribution in [0.3, 0.4) is 0 Å². The number of nitrogens with one attached hydrogen (secondary N) is 1. The molecule has 0 radical (unpaired) electrons. The van der Waals surface area contributed by atoms with E-state index in [0.717, 1.165) is 30.7 Å². The third-order valence-corrected chi connectivity index (χ3v) is 5.69. The maximum absolute atomic E-state index is 14.5. The van der Waals surface area contributed by atoms with Crippen molar-refractivity contribution in [3.63, 3.8) is 0 Å². The van der Waals surface area contributed by atoms with Crippen LogP contribution in [0.1, 0.15) is 65.1 Å². The fourth-order valence-electron chi connectivity index (χ4n) is 3.97. The summed E-state index contributed by atoms with van der Waals surface area (Å²) >= 11 is 0. The van der Waals surface area contributed by atoms with E-state index in [9.17, 15) is 22.4 Å². The third-order valence-electron chi connectivity index (χ3n) is 5.69. The number of benzene rings is 1. The quantitative estimate of drug-likeness (QED) is 0.511. The SMILES string of the molecule is O=C(NC1CCCc2nc(-c3cc(C4CC4)ncc3F)oc21)c1cccc(OC(F)(F)F)c1. The molecule has 2 aliphatic carbocycles. The molecule has 0 bridgehead atoms. The molecule has 1 aromatic carbocycles. The number of oxazole rings is 1. The lowest BCUT2D eigenvalue weighted by molar-refractivity contribution is -0.274. The van der Waals surface area contributed by atoms with Crippen molar-refractivity contribution in [2.45, 2.75) is 50.4 Å². The van der Waals surface area contributed by atoms with Crippen LogP contribution in [0.2, 0.25) is 0 Å². The minimum atomic E-state index is -4.86. The lowest BCUT2D eigenvalue weighted by Crippen LogP contribution is -2.30. The summed E-state index contributed by atoms with van der Waals surface area (Å²) in [5, 5.41) is 2.78. The lowest BCUT2D eigenvalue weighted by atomic mass is 9.96. The van der Waals surface area contributed by atoms with Crippen molar-refractivity contribution in [2.24, 2.45) is 0 Å². The van der Waals surface area contributed by atoms with Crippen molar-refractivity contribution in [3.05, 3.63) is 65.1 Å². The highest BCUT2D eigenvalue weighted by Gasteiger charge is 2.32. The van der Waals surface area contributed by atoms with Crippen molar-refractivity contribution in [3.8, 4) is 17.2 Å². The number of fused-ring (bicyclic) bond motifs is 1. The van der Waals surface area contributed by atoms with Crippen molar-refractivity contribution >= 4 is 5.91 Å². The number of aryl methyl sites for hydroxylation is 1. The van der Waals surface area contributed by atoms with Gasteiger partial charge < -0.3 is 14.5 Å². The minimum Gasteiger partial charge on any atom is -0.439 e. The molecule has 0 spiro atoms. The van der Waals surface area contributed by atoms with E-state index in [1.165, 1.54) is 18.3 Å². The van der Waals surface area contributed by atoms with E-state index in [4.69, 9.17) is 4.42 Å². The predicted molar refractivity (Wildman–Crippen MR) is 108 cm³/mol. The normalized spacial score (nSPS) is 18.0. The van der Waals surface area contributed by atoms with E-state index in [-0.39, 0.29) is 17.0 Å². The first-order valence-corrected chi connectivity index (χ1v) is 10.6. The average molecular weight is 461 g/mol. The molecule has 172 valence electrons. The summed E-state index contributed by atoms with van der Waals surface area (Å²) in [6.45, 7) is 0. The number of carbonyl (C=O) groups is 1. The highest BCUT2D eigenvalue weighted by Crippen LogP contribution is 2.41. The largest absolute Gasteiger partial charge is 0.573 e. The van der Waals surface area contributed by atoms with Crippen LogP contribution >= 0.6 is 0 Å². The smallest absolute Gasteiger partial charge is 0.439 e. The van der Waals surface area contributed by atoms with Crippen LogP contribution in [-0.4, -0.2) is 22.2 Å². The minimum absolute atomic E-state index is 0.0119. The Morgan fingerprint density at radius 2 is 2.00 bits per heavy atom. The van der Waals surface area contributed by atoms with Gasteiger partial charge >= 0.3 is 6.36 Å². The van der Waals surface area contributed by atoms with Crippen LogP contribution in [-0.2, 0) is 6.42 Å². The Balaban J connectivity index is 1.38. The molecule has 0 aliphatic heterocycles. The van der Waals surface area contributed by atoms with Gasteiger partial charge in [-0.1, -0.05) is 6.07 Å². The summed E-state index contributed by atoms with van der Waals surface area (Å²) in [4.78, 5) is 21.3. The molecule has 2 aromatic heterocycles. The molecule has 1 unspecified atom stereocenters. The predicted octanol–water partition coefficient (Wildman–Crippen LogP) is 5.46. The molecule has 3 aromatic rings. The summed E-state index contributed by atoms with van der Waals surface area (Å²) in [6, 6.07) is 5.94. The van der Waals surface area contributed by atoms with Gasteiger partial charge in [-0.25, -0.2) is 9.37 Å². The van der Waals surface area contributed by atoms with Gasteiger partial charge in [0.2, 0.25) is 5.89 Å². The molecule has 2 aliphatic rings. The number of aromatic nitrogens is 2. The summed E-state index contributed by atoms with van der Waals surface area (Å²) in [6.07, 6.45) is 0.230. The zero-order valence-corrected chi connectivity index (χ0v) is 17.3. The number of carbonyl (C=O) groups excluding carboxylic acids is 1. The maximum Gasteiger partial charge on any atom is 0.573 e. The first kappa shape index (κ1) is 21.4. The van der Waals surface area contributed by atoms with Crippen LogP contribution in [0.15, 0.2) is 40.9 Å². The second-order valence-electron chi connectivity index (χ2n) is 8.19. The van der Waals surface area contributed by atoms with E-state index in [0.29, 0.717) is 36.6 Å². The fraction of sp³-hybridized carbons (Fsp3) is 0.348. The Kier molecular flexibility index (Phi) is 5.30. The van der Waals surface area contributed by atoms with Crippen LogP contribution in [0.25, 0.3) is 11.5 Å². The van der Waals surface area contributed by atoms with Crippen molar-refractivity contribution in [1.82, 2.24) is 15.3 Å². The van der Waals surface area contributed by atoms with Crippen molar-refractivity contribution < 1.29 is 31.5 Å². The van der Waals surface area contributed by atoms with Gasteiger partial charge in [0.1, 0.15) is 11.5 Å². The number of alkyl halides is 3. The number of hydrogen-bond donors (Lipinski definition) is 1. The van der Waals surface area contributed by atoms with E-state index in [2.05, 4.69) is 20.0 Å². The number of rotatable bonds is 5. The third kappa shape index (κ3) is 4.69. The van der Waals surface area contributed by atoms with E-state index in [1.807, 2.05) is 0 Å². The van der Waals surface area contributed by atoms with Gasteiger partial charge in [0, 0.05) is 17.2 Å². The van der Waals surface area contributed by atoms with E-state index >= 15 is 0 Å². The molecule has 1 saturated carbocycles. The lowest BCUT2D eigenvalue weighted by Gasteiger charge is -2.21. The monoisotopic (exact) mass is 461 g/mol. The maximum atomic E-state index is 14.5. The molecule has 5 rings (SSSR count). The van der Waals surface area contributed by atoms with Gasteiger partial charge in [-0.3, -0.25) is 9.78 Å². The van der Waals surface area contributed by atoms with Crippen LogP contribution in [0.5, 0.6) is 5.75 Å². The number of nitrogens with zero attached hydrogens (tertiary/aromatic N) is 2. The molecular formula is C23H19F4N3O3. The topological polar surface area (TPSA) is 77.3 Å². The molecule has 0 saturated heterocycles. The molecular weight excluding hydrogens is 442 g/mol. The number of ether oxygens (including phenoxy) is 1. The Morgan fingerprint density at radius 3 is 2.76 bits per heavy atom. The molecule has 10 heteroatoms. The molecule has 6 nitrogen and oxygen atoms in total. The molecule has 1 amide bonds. The van der Waals surface area contributed by atoms with Gasteiger partial charge in [-0.05, 0) is 56.4 Å². The second kappa shape index (κ2) is 8.17. The summed E-state index contributed by atoms with van der Waals surface area (Å²) < 4.78 is 61.7. The van der Waals surface area contributed by atoms with Crippen molar-refractivity contribution in [1.29, 1.82) is 0 Å². The van der Waals surface area contributed by atoms with Gasteiger partial charge in [0.15, 0.2) is 5.82 Å². The second-order valence-corrected chi connectivity index (χ2v) is 8.19. The van der Waals surface area contributed by atoms with E-state index < -0.39 is 29.9 Å². The fourth-order valence-corrected chi connectivity index (χ4v) is 3.97. The highest BCUT2D eigenvalue weighted by molar-refractivity contribution is 5.94. The summed E-state index contributed by atoms with van der Waals surface area (Å²) in [5.41, 5.74) is 1.66. The Labute approximate surface area is 186 Å². The number of halogens is 4. The highest BCUT2D eigenvalue weighted by atomic mass is 19.4. The average Bonchev–Trinajstić information content (AvgIpc) is 3.51. The molecule has 1 N–H and O–H groups in total. The summed E-state index contributed by atoms with van der Waals surface area (Å²) in [5.74, 6) is -0.719. The van der Waals surface area contributed by atoms with Crippen LogP contribution in [0, 0.1) is 5.82 Å². The zero-order chi connectivity index (χ0) is 23.2. The number of amides is 1.